The van der Waals surface area contributed by atoms with E-state index in [-0.39, 0.29) is 5.41 Å². The van der Waals surface area contributed by atoms with Crippen molar-refractivity contribution >= 4 is 18.0 Å². The first-order chi connectivity index (χ1) is 8.77. The van der Waals surface area contributed by atoms with Gasteiger partial charge in [0, 0.05) is 6.54 Å². The van der Waals surface area contributed by atoms with Gasteiger partial charge in [0.05, 0.1) is 6.42 Å². The molecule has 1 rings (SSSR count). The van der Waals surface area contributed by atoms with E-state index in [1.165, 1.54) is 0 Å². The SMILES string of the molecule is CC(C)C1(CNC(=O)NC(CC(=O)O)C(=O)O)CC1. The highest BCUT2D eigenvalue weighted by atomic mass is 16.4. The van der Waals surface area contributed by atoms with Crippen LogP contribution >= 0.6 is 0 Å². The summed E-state index contributed by atoms with van der Waals surface area (Å²) < 4.78 is 0. The average molecular weight is 272 g/mol. The molecule has 0 saturated heterocycles. The van der Waals surface area contributed by atoms with Crippen LogP contribution in [-0.4, -0.2) is 40.8 Å². The van der Waals surface area contributed by atoms with Gasteiger partial charge in [-0.1, -0.05) is 13.8 Å². The average Bonchev–Trinajstić information content (AvgIpc) is 3.05. The minimum Gasteiger partial charge on any atom is -0.481 e. The molecule has 0 aromatic heterocycles. The van der Waals surface area contributed by atoms with Crippen molar-refractivity contribution in [2.75, 3.05) is 6.54 Å². The van der Waals surface area contributed by atoms with E-state index >= 15 is 0 Å². The number of nitrogens with one attached hydrogen (secondary N) is 2. The second kappa shape index (κ2) is 5.90. The lowest BCUT2D eigenvalue weighted by atomic mass is 9.92. The largest absolute Gasteiger partial charge is 0.481 e. The minimum absolute atomic E-state index is 0.114. The maximum absolute atomic E-state index is 11.6. The van der Waals surface area contributed by atoms with Crippen LogP contribution in [0, 0.1) is 11.3 Å². The molecule has 0 aromatic carbocycles. The molecule has 4 N–H and O–H groups in total. The fraction of sp³-hybridized carbons (Fsp3) is 0.750. The fourth-order valence-corrected chi connectivity index (χ4v) is 1.96. The van der Waals surface area contributed by atoms with Gasteiger partial charge in [-0.05, 0) is 24.2 Å². The molecule has 0 bridgehead atoms. The Balaban J connectivity index is 2.41. The van der Waals surface area contributed by atoms with E-state index in [2.05, 4.69) is 24.5 Å². The van der Waals surface area contributed by atoms with E-state index in [1.54, 1.807) is 0 Å². The Morgan fingerprint density at radius 1 is 1.21 bits per heavy atom. The van der Waals surface area contributed by atoms with E-state index in [0.29, 0.717) is 12.5 Å². The van der Waals surface area contributed by atoms with Crippen molar-refractivity contribution in [3.05, 3.63) is 0 Å². The molecule has 0 heterocycles. The van der Waals surface area contributed by atoms with Crippen molar-refractivity contribution < 1.29 is 24.6 Å². The Morgan fingerprint density at radius 3 is 2.16 bits per heavy atom. The maximum atomic E-state index is 11.6. The molecule has 1 atom stereocenters. The summed E-state index contributed by atoms with van der Waals surface area (Å²) in [6.07, 6.45) is 1.45. The summed E-state index contributed by atoms with van der Waals surface area (Å²) in [6.45, 7) is 4.64. The third kappa shape index (κ3) is 4.42. The molecular weight excluding hydrogens is 252 g/mol. The number of carboxylic acids is 2. The van der Waals surface area contributed by atoms with Gasteiger partial charge in [0.1, 0.15) is 6.04 Å². The molecule has 0 radical (unpaired) electrons. The number of amides is 2. The van der Waals surface area contributed by atoms with Gasteiger partial charge < -0.3 is 20.8 Å². The van der Waals surface area contributed by atoms with E-state index in [9.17, 15) is 14.4 Å². The van der Waals surface area contributed by atoms with Crippen molar-refractivity contribution in [3.8, 4) is 0 Å². The molecule has 2 amide bonds. The molecule has 1 unspecified atom stereocenters. The second-order valence-corrected chi connectivity index (χ2v) is 5.33. The van der Waals surface area contributed by atoms with E-state index in [1.807, 2.05) is 0 Å². The lowest BCUT2D eigenvalue weighted by Crippen LogP contribution is -2.48. The van der Waals surface area contributed by atoms with Gasteiger partial charge in [-0.2, -0.15) is 0 Å². The maximum Gasteiger partial charge on any atom is 0.326 e. The van der Waals surface area contributed by atoms with Gasteiger partial charge in [-0.3, -0.25) is 4.79 Å². The van der Waals surface area contributed by atoms with Gasteiger partial charge in [0.25, 0.3) is 0 Å². The Bertz CT molecular complexity index is 376. The van der Waals surface area contributed by atoms with E-state index < -0.39 is 30.4 Å². The van der Waals surface area contributed by atoms with Crippen LogP contribution in [-0.2, 0) is 9.59 Å². The molecule has 108 valence electrons. The van der Waals surface area contributed by atoms with E-state index in [0.717, 1.165) is 12.8 Å². The van der Waals surface area contributed by atoms with Crippen molar-refractivity contribution in [3.63, 3.8) is 0 Å². The molecule has 1 fully saturated rings. The number of carboxylic acid groups (broad SMARTS) is 2. The molecule has 1 saturated carbocycles. The molecule has 0 spiro atoms. The Morgan fingerprint density at radius 2 is 1.79 bits per heavy atom. The predicted molar refractivity (Wildman–Crippen MR) is 66.7 cm³/mol. The van der Waals surface area contributed by atoms with Gasteiger partial charge in [0.15, 0.2) is 0 Å². The highest BCUT2D eigenvalue weighted by Crippen LogP contribution is 2.51. The summed E-state index contributed by atoms with van der Waals surface area (Å²) >= 11 is 0. The van der Waals surface area contributed by atoms with Crippen LogP contribution in [0.1, 0.15) is 33.1 Å². The lowest BCUT2D eigenvalue weighted by molar-refractivity contribution is -0.145. The normalized spacial score (nSPS) is 17.6. The minimum atomic E-state index is -1.41. The van der Waals surface area contributed by atoms with Gasteiger partial charge in [0.2, 0.25) is 0 Å². The van der Waals surface area contributed by atoms with Crippen LogP contribution in [0.25, 0.3) is 0 Å². The quantitative estimate of drug-likeness (QED) is 0.543. The summed E-state index contributed by atoms with van der Waals surface area (Å²) in [5.41, 5.74) is 0.114. The summed E-state index contributed by atoms with van der Waals surface area (Å²) in [5.74, 6) is -2.18. The number of hydrogen-bond donors (Lipinski definition) is 4. The first-order valence-corrected chi connectivity index (χ1v) is 6.26. The number of rotatable bonds is 7. The molecule has 1 aliphatic rings. The number of aliphatic carboxylic acids is 2. The highest BCUT2D eigenvalue weighted by molar-refractivity contribution is 5.86. The zero-order valence-corrected chi connectivity index (χ0v) is 11.1. The number of urea groups is 1. The predicted octanol–water partition coefficient (Wildman–Crippen LogP) is 0.650. The monoisotopic (exact) mass is 272 g/mol. The zero-order valence-electron chi connectivity index (χ0n) is 11.1. The number of carbonyl (C=O) groups is 3. The lowest BCUT2D eigenvalue weighted by Gasteiger charge is -2.21. The molecular formula is C12H20N2O5. The Kier molecular flexibility index (Phi) is 4.74. The number of hydrogen-bond acceptors (Lipinski definition) is 3. The standard InChI is InChI=1S/C12H20N2O5/c1-7(2)12(3-4-12)6-13-11(19)14-8(10(17)18)5-9(15)16/h7-8H,3-6H2,1-2H3,(H,15,16)(H,17,18)(H2,13,14,19). The molecule has 7 nitrogen and oxygen atoms in total. The third-order valence-electron chi connectivity index (χ3n) is 3.70. The van der Waals surface area contributed by atoms with Gasteiger partial charge in [-0.25, -0.2) is 9.59 Å². The molecule has 0 aromatic rings. The smallest absolute Gasteiger partial charge is 0.326 e. The van der Waals surface area contributed by atoms with Crippen LogP contribution in [0.5, 0.6) is 0 Å². The van der Waals surface area contributed by atoms with E-state index in [4.69, 9.17) is 10.2 Å². The summed E-state index contributed by atoms with van der Waals surface area (Å²) in [4.78, 5) is 32.8. The summed E-state index contributed by atoms with van der Waals surface area (Å²) in [6, 6.07) is -2.05. The topological polar surface area (TPSA) is 116 Å². The zero-order chi connectivity index (χ0) is 14.6. The molecule has 0 aliphatic heterocycles. The Labute approximate surface area is 111 Å². The van der Waals surface area contributed by atoms with Gasteiger partial charge in [-0.15, -0.1) is 0 Å². The fourth-order valence-electron chi connectivity index (χ4n) is 1.96. The van der Waals surface area contributed by atoms with Crippen molar-refractivity contribution in [2.24, 2.45) is 11.3 Å². The van der Waals surface area contributed by atoms with Crippen LogP contribution in [0.3, 0.4) is 0 Å². The third-order valence-corrected chi connectivity index (χ3v) is 3.70. The van der Waals surface area contributed by atoms with Crippen LogP contribution in [0.15, 0.2) is 0 Å². The molecule has 19 heavy (non-hydrogen) atoms. The van der Waals surface area contributed by atoms with Gasteiger partial charge >= 0.3 is 18.0 Å². The number of carbonyl (C=O) groups excluding carboxylic acids is 1. The highest BCUT2D eigenvalue weighted by Gasteiger charge is 2.45. The van der Waals surface area contributed by atoms with Crippen molar-refractivity contribution in [1.29, 1.82) is 0 Å². The second-order valence-electron chi connectivity index (χ2n) is 5.33. The first kappa shape index (κ1) is 15.3. The van der Waals surface area contributed by atoms with Crippen LogP contribution in [0.2, 0.25) is 0 Å². The molecule has 1 aliphatic carbocycles. The van der Waals surface area contributed by atoms with Crippen molar-refractivity contribution in [2.45, 2.75) is 39.2 Å². The molecule has 7 heteroatoms. The Hall–Kier alpha value is -1.79. The summed E-state index contributed by atoms with van der Waals surface area (Å²) in [5, 5.41) is 22.1. The first-order valence-electron chi connectivity index (χ1n) is 6.26. The summed E-state index contributed by atoms with van der Waals surface area (Å²) in [7, 11) is 0. The van der Waals surface area contributed by atoms with Crippen LogP contribution < -0.4 is 10.6 Å². The van der Waals surface area contributed by atoms with Crippen LogP contribution in [0.4, 0.5) is 4.79 Å². The van der Waals surface area contributed by atoms with Crippen molar-refractivity contribution in [1.82, 2.24) is 10.6 Å².